The van der Waals surface area contributed by atoms with Gasteiger partial charge in [-0.2, -0.15) is 0 Å². The van der Waals surface area contributed by atoms with E-state index in [0.717, 1.165) is 39.0 Å². The first-order valence-corrected chi connectivity index (χ1v) is 8.77. The van der Waals surface area contributed by atoms with Crippen LogP contribution in [0.4, 0.5) is 0 Å². The molecule has 1 rings (SSSR count). The molecule has 1 heterocycles. The summed E-state index contributed by atoms with van der Waals surface area (Å²) in [6, 6.07) is 0. The Morgan fingerprint density at radius 2 is 2.00 bits per heavy atom. The van der Waals surface area contributed by atoms with E-state index >= 15 is 0 Å². The summed E-state index contributed by atoms with van der Waals surface area (Å²) in [6.07, 6.45) is 9.44. The zero-order valence-corrected chi connectivity index (χ0v) is 14.0. The fourth-order valence-corrected chi connectivity index (χ4v) is 2.74. The van der Waals surface area contributed by atoms with Gasteiger partial charge in [0.25, 0.3) is 0 Å². The SMILES string of the molecule is CCCCCCCCOCC(O)CNCC1(C)CCCO1. The number of aliphatic hydroxyl groups excluding tert-OH is 1. The maximum Gasteiger partial charge on any atom is 0.0897 e. The van der Waals surface area contributed by atoms with Crippen molar-refractivity contribution in [1.29, 1.82) is 0 Å². The van der Waals surface area contributed by atoms with E-state index in [4.69, 9.17) is 9.47 Å². The van der Waals surface area contributed by atoms with E-state index in [2.05, 4.69) is 19.2 Å². The third-order valence-electron chi connectivity index (χ3n) is 4.13. The zero-order chi connectivity index (χ0) is 15.4. The Labute approximate surface area is 130 Å². The van der Waals surface area contributed by atoms with Crippen molar-refractivity contribution in [3.8, 4) is 0 Å². The first-order chi connectivity index (χ1) is 10.2. The number of rotatable bonds is 13. The normalized spacial score (nSPS) is 23.6. The summed E-state index contributed by atoms with van der Waals surface area (Å²) in [6.45, 7) is 7.81. The summed E-state index contributed by atoms with van der Waals surface area (Å²) in [5.74, 6) is 0. The van der Waals surface area contributed by atoms with Gasteiger partial charge < -0.3 is 19.9 Å². The van der Waals surface area contributed by atoms with Crippen molar-refractivity contribution in [2.45, 2.75) is 76.9 Å². The van der Waals surface area contributed by atoms with Crippen LogP contribution in [0.2, 0.25) is 0 Å². The summed E-state index contributed by atoms with van der Waals surface area (Å²) in [5, 5.41) is 13.1. The van der Waals surface area contributed by atoms with Crippen molar-refractivity contribution in [3.63, 3.8) is 0 Å². The summed E-state index contributed by atoms with van der Waals surface area (Å²) in [4.78, 5) is 0. The van der Waals surface area contributed by atoms with E-state index in [1.807, 2.05) is 0 Å². The van der Waals surface area contributed by atoms with Crippen molar-refractivity contribution in [2.75, 3.05) is 32.9 Å². The van der Waals surface area contributed by atoms with Gasteiger partial charge in [-0.15, -0.1) is 0 Å². The van der Waals surface area contributed by atoms with Gasteiger partial charge in [-0.3, -0.25) is 0 Å². The molecule has 2 N–H and O–H groups in total. The Morgan fingerprint density at radius 1 is 1.24 bits per heavy atom. The predicted octanol–water partition coefficient (Wildman–Crippen LogP) is 2.88. The molecule has 126 valence electrons. The van der Waals surface area contributed by atoms with Crippen LogP contribution in [0.3, 0.4) is 0 Å². The average molecular weight is 301 g/mol. The number of nitrogens with one attached hydrogen (secondary N) is 1. The zero-order valence-electron chi connectivity index (χ0n) is 14.0. The lowest BCUT2D eigenvalue weighted by Crippen LogP contribution is -2.41. The predicted molar refractivity (Wildman–Crippen MR) is 86.7 cm³/mol. The molecule has 1 saturated heterocycles. The molecule has 0 saturated carbocycles. The van der Waals surface area contributed by atoms with Gasteiger partial charge in [-0.05, 0) is 26.2 Å². The minimum Gasteiger partial charge on any atom is -0.389 e. The highest BCUT2D eigenvalue weighted by atomic mass is 16.5. The highest BCUT2D eigenvalue weighted by molar-refractivity contribution is 4.82. The molecular weight excluding hydrogens is 266 g/mol. The van der Waals surface area contributed by atoms with Gasteiger partial charge in [0.2, 0.25) is 0 Å². The van der Waals surface area contributed by atoms with Crippen LogP contribution in [0.1, 0.15) is 65.2 Å². The molecule has 0 bridgehead atoms. The van der Waals surface area contributed by atoms with Crippen LogP contribution in [-0.4, -0.2) is 49.7 Å². The topological polar surface area (TPSA) is 50.7 Å². The monoisotopic (exact) mass is 301 g/mol. The van der Waals surface area contributed by atoms with Crippen LogP contribution in [0, 0.1) is 0 Å². The van der Waals surface area contributed by atoms with Gasteiger partial charge in [0.1, 0.15) is 0 Å². The summed E-state index contributed by atoms with van der Waals surface area (Å²) < 4.78 is 11.2. The van der Waals surface area contributed by atoms with E-state index in [9.17, 15) is 5.11 Å². The molecule has 1 aliphatic heterocycles. The molecule has 4 heteroatoms. The number of hydrogen-bond acceptors (Lipinski definition) is 4. The number of unbranched alkanes of at least 4 members (excludes halogenated alkanes) is 5. The lowest BCUT2D eigenvalue weighted by molar-refractivity contribution is 0.0101. The van der Waals surface area contributed by atoms with Crippen molar-refractivity contribution in [3.05, 3.63) is 0 Å². The molecule has 0 aromatic carbocycles. The Morgan fingerprint density at radius 3 is 2.71 bits per heavy atom. The lowest BCUT2D eigenvalue weighted by Gasteiger charge is -2.24. The second-order valence-corrected chi connectivity index (χ2v) is 6.53. The second-order valence-electron chi connectivity index (χ2n) is 6.53. The fourth-order valence-electron chi connectivity index (χ4n) is 2.74. The highest BCUT2D eigenvalue weighted by Gasteiger charge is 2.29. The minimum atomic E-state index is -0.421. The van der Waals surface area contributed by atoms with Gasteiger partial charge in [-0.1, -0.05) is 39.0 Å². The van der Waals surface area contributed by atoms with Crippen molar-refractivity contribution < 1.29 is 14.6 Å². The molecule has 0 spiro atoms. The molecular formula is C17H35NO3. The molecule has 2 unspecified atom stereocenters. The third-order valence-corrected chi connectivity index (χ3v) is 4.13. The van der Waals surface area contributed by atoms with Crippen LogP contribution in [0.15, 0.2) is 0 Å². The quantitative estimate of drug-likeness (QED) is 0.514. The van der Waals surface area contributed by atoms with Gasteiger partial charge >= 0.3 is 0 Å². The maximum absolute atomic E-state index is 9.85. The van der Waals surface area contributed by atoms with Crippen molar-refractivity contribution in [2.24, 2.45) is 0 Å². The lowest BCUT2D eigenvalue weighted by atomic mass is 10.0. The summed E-state index contributed by atoms with van der Waals surface area (Å²) in [7, 11) is 0. The Hall–Kier alpha value is -0.160. The first kappa shape index (κ1) is 18.9. The van der Waals surface area contributed by atoms with Crippen LogP contribution >= 0.6 is 0 Å². The van der Waals surface area contributed by atoms with Crippen LogP contribution in [-0.2, 0) is 9.47 Å². The second kappa shape index (κ2) is 11.4. The highest BCUT2D eigenvalue weighted by Crippen LogP contribution is 2.23. The van der Waals surface area contributed by atoms with Crippen molar-refractivity contribution in [1.82, 2.24) is 5.32 Å². The molecule has 0 amide bonds. The standard InChI is InChI=1S/C17H35NO3/c1-3-4-5-6-7-8-11-20-14-16(19)13-18-15-17(2)10-9-12-21-17/h16,18-19H,3-15H2,1-2H3. The molecule has 0 aromatic rings. The Bertz CT molecular complexity index is 242. The number of aliphatic hydroxyl groups is 1. The molecule has 21 heavy (non-hydrogen) atoms. The van der Waals surface area contributed by atoms with Crippen molar-refractivity contribution >= 4 is 0 Å². The van der Waals surface area contributed by atoms with Crippen LogP contribution in [0.25, 0.3) is 0 Å². The van der Waals surface area contributed by atoms with E-state index in [1.54, 1.807) is 0 Å². The smallest absolute Gasteiger partial charge is 0.0897 e. The largest absolute Gasteiger partial charge is 0.389 e. The molecule has 0 radical (unpaired) electrons. The first-order valence-electron chi connectivity index (χ1n) is 8.77. The molecule has 1 fully saturated rings. The fraction of sp³-hybridized carbons (Fsp3) is 1.00. The van der Waals surface area contributed by atoms with Gasteiger partial charge in [0.05, 0.1) is 18.3 Å². The summed E-state index contributed by atoms with van der Waals surface area (Å²) in [5.41, 5.74) is -0.0426. The van der Waals surface area contributed by atoms with E-state index in [1.165, 1.54) is 32.1 Å². The Balaban J connectivity index is 1.86. The molecule has 2 atom stereocenters. The molecule has 4 nitrogen and oxygen atoms in total. The molecule has 0 aromatic heterocycles. The minimum absolute atomic E-state index is 0.0426. The maximum atomic E-state index is 9.85. The summed E-state index contributed by atoms with van der Waals surface area (Å²) >= 11 is 0. The van der Waals surface area contributed by atoms with Gasteiger partial charge in [0, 0.05) is 26.3 Å². The van der Waals surface area contributed by atoms with E-state index in [-0.39, 0.29) is 5.60 Å². The van der Waals surface area contributed by atoms with E-state index in [0.29, 0.717) is 13.2 Å². The van der Waals surface area contributed by atoms with Gasteiger partial charge in [-0.25, -0.2) is 0 Å². The van der Waals surface area contributed by atoms with E-state index < -0.39 is 6.10 Å². The average Bonchev–Trinajstić information content (AvgIpc) is 2.89. The Kier molecular flexibility index (Phi) is 10.3. The van der Waals surface area contributed by atoms with Gasteiger partial charge in [0.15, 0.2) is 0 Å². The van der Waals surface area contributed by atoms with Crippen LogP contribution in [0.5, 0.6) is 0 Å². The number of ether oxygens (including phenoxy) is 2. The third kappa shape index (κ3) is 9.46. The van der Waals surface area contributed by atoms with Crippen LogP contribution < -0.4 is 5.32 Å². The number of hydrogen-bond donors (Lipinski definition) is 2. The molecule has 1 aliphatic rings. The molecule has 0 aliphatic carbocycles.